The van der Waals surface area contributed by atoms with E-state index in [1.165, 1.54) is 6.20 Å². The van der Waals surface area contributed by atoms with Crippen LogP contribution in [0.1, 0.15) is 34.2 Å². The first kappa shape index (κ1) is 10.4. The number of aromatic nitrogens is 1. The molecule has 80 valence electrons. The van der Waals surface area contributed by atoms with Crippen LogP contribution in [-0.4, -0.2) is 27.7 Å². The molecule has 2 heterocycles. The second kappa shape index (κ2) is 3.78. The molecule has 1 atom stereocenters. The molecular weight excluding hydrogens is 204 g/mol. The Bertz CT molecular complexity index is 467. The van der Waals surface area contributed by atoms with Gasteiger partial charge in [0.15, 0.2) is 0 Å². The van der Waals surface area contributed by atoms with Crippen LogP contribution in [0.4, 0.5) is 0 Å². The van der Waals surface area contributed by atoms with Crippen molar-refractivity contribution in [2.24, 2.45) is 0 Å². The van der Waals surface area contributed by atoms with Crippen LogP contribution < -0.4 is 0 Å². The van der Waals surface area contributed by atoms with Gasteiger partial charge in [-0.2, -0.15) is 0 Å². The molecule has 4 heteroatoms. The summed E-state index contributed by atoms with van der Waals surface area (Å²) in [6.07, 6.45) is 7.34. The molecule has 0 aromatic carbocycles. The largest absolute Gasteiger partial charge is 0.281 e. The Labute approximate surface area is 93.3 Å². The van der Waals surface area contributed by atoms with E-state index in [0.717, 1.165) is 4.90 Å². The van der Waals surface area contributed by atoms with Crippen LogP contribution in [0.25, 0.3) is 0 Å². The van der Waals surface area contributed by atoms with E-state index in [9.17, 15) is 9.59 Å². The van der Waals surface area contributed by atoms with E-state index >= 15 is 0 Å². The predicted octanol–water partition coefficient (Wildman–Crippen LogP) is 1.09. The number of carbonyl (C=O) groups is 2. The number of carbonyl (C=O) groups excluding carboxylic acids is 2. The minimum Gasteiger partial charge on any atom is -0.268 e. The Hall–Kier alpha value is -2.15. The standard InChI is InChI=1S/C12H10N2O2/c1-3-8(4-2)14-11(15)9-6-5-7-13-10(9)12(14)16/h1,5-8H,4H2,2H3. The fourth-order valence-corrected chi connectivity index (χ4v) is 1.74. The minimum absolute atomic E-state index is 0.196. The van der Waals surface area contributed by atoms with Gasteiger partial charge in [0.2, 0.25) is 0 Å². The number of hydrogen-bond acceptors (Lipinski definition) is 3. The molecule has 0 bridgehead atoms. The first-order valence-electron chi connectivity index (χ1n) is 4.99. The fraction of sp³-hybridized carbons (Fsp3) is 0.250. The Kier molecular flexibility index (Phi) is 2.45. The van der Waals surface area contributed by atoms with E-state index in [2.05, 4.69) is 10.9 Å². The highest BCUT2D eigenvalue weighted by Crippen LogP contribution is 2.23. The highest BCUT2D eigenvalue weighted by molar-refractivity contribution is 6.20. The van der Waals surface area contributed by atoms with Crippen molar-refractivity contribution >= 4 is 11.8 Å². The molecule has 0 radical (unpaired) electrons. The molecule has 2 rings (SSSR count). The van der Waals surface area contributed by atoms with Gasteiger partial charge < -0.3 is 0 Å². The van der Waals surface area contributed by atoms with Gasteiger partial charge in [-0.3, -0.25) is 19.5 Å². The third-order valence-electron chi connectivity index (χ3n) is 2.57. The highest BCUT2D eigenvalue weighted by atomic mass is 16.2. The zero-order chi connectivity index (χ0) is 11.7. The number of amides is 2. The molecule has 0 saturated carbocycles. The van der Waals surface area contributed by atoms with Crippen molar-refractivity contribution in [1.29, 1.82) is 0 Å². The molecule has 0 fully saturated rings. The first-order valence-corrected chi connectivity index (χ1v) is 4.99. The fourth-order valence-electron chi connectivity index (χ4n) is 1.74. The Morgan fingerprint density at radius 2 is 2.25 bits per heavy atom. The summed E-state index contributed by atoms with van der Waals surface area (Å²) in [5, 5.41) is 0. The van der Waals surface area contributed by atoms with Gasteiger partial charge in [0.25, 0.3) is 11.8 Å². The van der Waals surface area contributed by atoms with Crippen LogP contribution in [0.15, 0.2) is 18.3 Å². The van der Waals surface area contributed by atoms with Gasteiger partial charge in [-0.1, -0.05) is 12.8 Å². The minimum atomic E-state index is -0.491. The van der Waals surface area contributed by atoms with Gasteiger partial charge in [-0.25, -0.2) is 0 Å². The van der Waals surface area contributed by atoms with Gasteiger partial charge in [-0.05, 0) is 18.6 Å². The molecule has 16 heavy (non-hydrogen) atoms. The zero-order valence-electron chi connectivity index (χ0n) is 8.80. The monoisotopic (exact) mass is 214 g/mol. The summed E-state index contributed by atoms with van der Waals surface area (Å²) in [5.41, 5.74) is 0.530. The van der Waals surface area contributed by atoms with E-state index in [1.54, 1.807) is 12.1 Å². The van der Waals surface area contributed by atoms with Crippen LogP contribution in [0.2, 0.25) is 0 Å². The molecule has 0 saturated heterocycles. The number of nitrogens with zero attached hydrogens (tertiary/aromatic N) is 2. The maximum Gasteiger partial charge on any atom is 0.281 e. The van der Waals surface area contributed by atoms with Crippen molar-refractivity contribution in [2.75, 3.05) is 0 Å². The molecule has 1 aliphatic rings. The second-order valence-corrected chi connectivity index (χ2v) is 3.47. The summed E-state index contributed by atoms with van der Waals surface area (Å²) in [7, 11) is 0. The second-order valence-electron chi connectivity index (χ2n) is 3.47. The molecule has 0 spiro atoms. The van der Waals surface area contributed by atoms with E-state index in [1.807, 2.05) is 6.92 Å². The lowest BCUT2D eigenvalue weighted by Gasteiger charge is -2.19. The highest BCUT2D eigenvalue weighted by Gasteiger charge is 2.39. The lowest BCUT2D eigenvalue weighted by Crippen LogP contribution is -2.38. The van der Waals surface area contributed by atoms with Crippen molar-refractivity contribution in [3.8, 4) is 12.3 Å². The third-order valence-corrected chi connectivity index (χ3v) is 2.57. The summed E-state index contributed by atoms with van der Waals surface area (Å²) in [6, 6.07) is 2.73. The summed E-state index contributed by atoms with van der Waals surface area (Å²) in [5.74, 6) is 1.70. The molecule has 2 amide bonds. The molecule has 0 N–H and O–H groups in total. The molecule has 0 aliphatic carbocycles. The Balaban J connectivity index is 2.47. The average molecular weight is 214 g/mol. The van der Waals surface area contributed by atoms with Crippen molar-refractivity contribution < 1.29 is 9.59 Å². The van der Waals surface area contributed by atoms with Crippen molar-refractivity contribution in [2.45, 2.75) is 19.4 Å². The molecule has 1 aromatic rings. The SMILES string of the molecule is C#CC(CC)N1C(=O)c2cccnc2C1=O. The van der Waals surface area contributed by atoms with Crippen LogP contribution in [-0.2, 0) is 0 Å². The van der Waals surface area contributed by atoms with E-state index in [4.69, 9.17) is 6.42 Å². The summed E-state index contributed by atoms with van der Waals surface area (Å²) in [6.45, 7) is 1.83. The van der Waals surface area contributed by atoms with Gasteiger partial charge >= 0.3 is 0 Å². The van der Waals surface area contributed by atoms with Crippen molar-refractivity contribution in [3.63, 3.8) is 0 Å². The normalized spacial score (nSPS) is 15.9. The lowest BCUT2D eigenvalue weighted by atomic mass is 10.2. The van der Waals surface area contributed by atoms with E-state index in [0.29, 0.717) is 12.0 Å². The van der Waals surface area contributed by atoms with Crippen molar-refractivity contribution in [1.82, 2.24) is 9.88 Å². The number of fused-ring (bicyclic) bond motifs is 1. The first-order chi connectivity index (χ1) is 7.70. The summed E-state index contributed by atoms with van der Waals surface area (Å²) in [4.78, 5) is 28.9. The Morgan fingerprint density at radius 1 is 1.50 bits per heavy atom. The molecule has 1 aromatic heterocycles. The molecule has 4 nitrogen and oxygen atoms in total. The van der Waals surface area contributed by atoms with Crippen LogP contribution in [0.5, 0.6) is 0 Å². The molecule has 1 aliphatic heterocycles. The maximum atomic E-state index is 11.9. The smallest absolute Gasteiger partial charge is 0.268 e. The van der Waals surface area contributed by atoms with Crippen LogP contribution in [0, 0.1) is 12.3 Å². The Morgan fingerprint density at radius 3 is 2.81 bits per heavy atom. The predicted molar refractivity (Wildman–Crippen MR) is 57.6 cm³/mol. The number of pyridine rings is 1. The lowest BCUT2D eigenvalue weighted by molar-refractivity contribution is 0.0616. The average Bonchev–Trinajstić information content (AvgIpc) is 2.57. The van der Waals surface area contributed by atoms with Gasteiger partial charge in [0, 0.05) is 6.20 Å². The number of hydrogen-bond donors (Lipinski definition) is 0. The van der Waals surface area contributed by atoms with Gasteiger partial charge in [0.05, 0.1) is 5.56 Å². The number of rotatable bonds is 2. The number of imide groups is 1. The topological polar surface area (TPSA) is 50.3 Å². The quantitative estimate of drug-likeness (QED) is 0.547. The van der Waals surface area contributed by atoms with Gasteiger partial charge in [0.1, 0.15) is 11.7 Å². The summed E-state index contributed by atoms with van der Waals surface area (Å²) < 4.78 is 0. The van der Waals surface area contributed by atoms with Crippen molar-refractivity contribution in [3.05, 3.63) is 29.6 Å². The molecule has 1 unspecified atom stereocenters. The van der Waals surface area contributed by atoms with Gasteiger partial charge in [-0.15, -0.1) is 6.42 Å². The van der Waals surface area contributed by atoms with E-state index in [-0.39, 0.29) is 11.6 Å². The maximum absolute atomic E-state index is 11.9. The molecular formula is C12H10N2O2. The van der Waals surface area contributed by atoms with Crippen LogP contribution in [0.3, 0.4) is 0 Å². The number of terminal acetylenes is 1. The summed E-state index contributed by atoms with van der Waals surface area (Å²) >= 11 is 0. The van der Waals surface area contributed by atoms with Crippen LogP contribution >= 0.6 is 0 Å². The zero-order valence-corrected chi connectivity index (χ0v) is 8.80. The third kappa shape index (κ3) is 1.29. The van der Waals surface area contributed by atoms with E-state index < -0.39 is 11.9 Å².